The number of rotatable bonds is 49. The number of benzene rings is 6. The molecule has 6 aromatic rings. The number of esters is 12. The Labute approximate surface area is 688 Å². The Bertz CT molecular complexity index is 4390. The highest BCUT2D eigenvalue weighted by atomic mass is 16.6. The first-order valence-corrected chi connectivity index (χ1v) is 38.8. The van der Waals surface area contributed by atoms with Crippen molar-refractivity contribution < 1.29 is 114 Å². The van der Waals surface area contributed by atoms with E-state index in [4.69, 9.17) is 56.8 Å². The monoisotopic (exact) mass is 1620 g/mol. The lowest BCUT2D eigenvalue weighted by atomic mass is 9.96. The zero-order chi connectivity index (χ0) is 86.4. The fourth-order valence-electron chi connectivity index (χ4n) is 11.7. The van der Waals surface area contributed by atoms with Gasteiger partial charge in [-0.2, -0.15) is 0 Å². The highest BCUT2D eigenvalue weighted by Crippen LogP contribution is 2.43. The third kappa shape index (κ3) is 30.0. The largest absolute Gasteiger partial charge is 0.463 e. The predicted molar refractivity (Wildman–Crippen MR) is 441 cm³/mol. The summed E-state index contributed by atoms with van der Waals surface area (Å²) in [5.41, 5.74) is 11.5. The van der Waals surface area contributed by atoms with E-state index in [1.54, 1.807) is 41.5 Å². The summed E-state index contributed by atoms with van der Waals surface area (Å²) in [5.74, 6) is -7.73. The quantitative estimate of drug-likeness (QED) is 0.0194. The molecule has 0 atom stereocenters. The lowest BCUT2D eigenvalue weighted by molar-refractivity contribution is -0.146. The fourth-order valence-corrected chi connectivity index (χ4v) is 11.7. The minimum absolute atomic E-state index is 0.00103. The van der Waals surface area contributed by atoms with Gasteiger partial charge in [-0.05, 0) is 222 Å². The topological polar surface area (TPSA) is 322 Å². The van der Waals surface area contributed by atoms with E-state index in [0.717, 1.165) is 44.8 Å². The van der Waals surface area contributed by atoms with Crippen LogP contribution < -0.4 is 9.80 Å². The average molecular weight is 1620 g/mol. The highest BCUT2D eigenvalue weighted by molar-refractivity contribution is 5.92. The Kier molecular flexibility index (Phi) is 38.5. The van der Waals surface area contributed by atoms with Gasteiger partial charge in [0.25, 0.3) is 0 Å². The van der Waals surface area contributed by atoms with E-state index < -0.39 is 84.8 Å². The summed E-state index contributed by atoms with van der Waals surface area (Å²) >= 11 is 0. The maximum absolute atomic E-state index is 13.5. The molecule has 0 aliphatic rings. The van der Waals surface area contributed by atoms with Crippen LogP contribution >= 0.6 is 0 Å². The number of hydrogen-bond acceptors (Lipinski definition) is 26. The average Bonchev–Trinajstić information content (AvgIpc) is 0.778. The summed E-state index contributed by atoms with van der Waals surface area (Å²) in [6.45, 7) is 34.4. The Balaban J connectivity index is 1.44. The van der Waals surface area contributed by atoms with Crippen LogP contribution in [0.15, 0.2) is 194 Å². The van der Waals surface area contributed by atoms with Crippen molar-refractivity contribution in [3.05, 3.63) is 239 Å². The Morgan fingerprint density at radius 3 is 0.703 bits per heavy atom. The molecule has 0 saturated heterocycles. The molecule has 0 heterocycles. The van der Waals surface area contributed by atoms with E-state index in [9.17, 15) is 57.5 Å². The van der Waals surface area contributed by atoms with E-state index in [1.165, 1.54) is 0 Å². The minimum atomic E-state index is -0.704. The van der Waals surface area contributed by atoms with E-state index in [-0.39, 0.29) is 177 Å². The van der Waals surface area contributed by atoms with Crippen molar-refractivity contribution in [3.8, 4) is 11.1 Å². The molecule has 0 aliphatic carbocycles. The maximum atomic E-state index is 13.5. The van der Waals surface area contributed by atoms with Gasteiger partial charge in [0.2, 0.25) is 0 Å². The lowest BCUT2D eigenvalue weighted by Gasteiger charge is -2.29. The van der Waals surface area contributed by atoms with Crippen molar-refractivity contribution in [3.63, 3.8) is 0 Å². The first kappa shape index (κ1) is 93.9. The second-order valence-electron chi connectivity index (χ2n) is 26.8. The number of ether oxygens (including phenoxy) is 12. The molecule has 0 amide bonds. The van der Waals surface area contributed by atoms with Crippen LogP contribution in [0.2, 0.25) is 0 Å². The standard InChI is InChI=1S/C92H104N2O24/c1-15-107-87(101)61(9)53-113-81(95)43-25-67-21-35-75(36-22-67)93(77-39-27-69(31-45-83(97)115-55-63(11)89(103)109-17-3)73(51-77)33-47-85(99)117-57-65(13)91(105)111-19-5)79-41-29-71(49-59(79)7)72-30-42-80(60(8)50-72)94(76-37-23-68(24-38-76)26-44-82(96)114-54-62(10)88(102)108-16-2)78-40-28-70(32-46-84(98)116-56-64(12)90(104)110-18-4)74(52-78)34-48-86(100)118-58-66(14)92(106)112-20-6/h21-24,27-30,35-42,49-52H,9-20,25-26,31-34,43-48,53-58H2,1-8H3. The zero-order valence-electron chi connectivity index (χ0n) is 68.5. The van der Waals surface area contributed by atoms with Gasteiger partial charge < -0.3 is 66.6 Å². The summed E-state index contributed by atoms with van der Waals surface area (Å²) in [4.78, 5) is 157. The second-order valence-corrected chi connectivity index (χ2v) is 26.8. The van der Waals surface area contributed by atoms with Gasteiger partial charge in [-0.1, -0.05) is 88.0 Å². The number of carbonyl (C=O) groups is 12. The second kappa shape index (κ2) is 48.4. The number of anilines is 6. The van der Waals surface area contributed by atoms with E-state index in [0.29, 0.717) is 45.0 Å². The minimum Gasteiger partial charge on any atom is -0.463 e. The van der Waals surface area contributed by atoms with Crippen LogP contribution in [0.4, 0.5) is 34.1 Å². The molecule has 0 radical (unpaired) electrons. The fraction of sp³-hybridized carbons (Fsp3) is 0.348. The molecule has 6 aromatic carbocycles. The van der Waals surface area contributed by atoms with Crippen LogP contribution in [0.3, 0.4) is 0 Å². The van der Waals surface area contributed by atoms with Crippen LogP contribution in [0, 0.1) is 13.8 Å². The Morgan fingerprint density at radius 1 is 0.254 bits per heavy atom. The number of hydrogen-bond donors (Lipinski definition) is 0. The van der Waals surface area contributed by atoms with Crippen molar-refractivity contribution >= 4 is 106 Å². The first-order valence-electron chi connectivity index (χ1n) is 38.8. The maximum Gasteiger partial charge on any atom is 0.336 e. The molecule has 0 N–H and O–H groups in total. The number of carbonyl (C=O) groups excluding carboxylic acids is 12. The van der Waals surface area contributed by atoms with E-state index >= 15 is 0 Å². The van der Waals surface area contributed by atoms with Gasteiger partial charge >= 0.3 is 71.6 Å². The van der Waals surface area contributed by atoms with Crippen LogP contribution in [-0.2, 0) is 153 Å². The van der Waals surface area contributed by atoms with Gasteiger partial charge in [0.15, 0.2) is 0 Å². The third-order valence-electron chi connectivity index (χ3n) is 18.0. The SMILES string of the molecule is C=C(COC(=O)CCc1ccc(N(c2ccc(CCC(=O)OCC(=C)C(=O)OCC)c(CCC(=O)OCC(=C)C(=O)OCC)c2)c2ccc(-c3ccc(N(c4ccc(CCC(=O)OCC(=C)C(=O)OCC)cc4)c4ccc(CCC(=O)OCC(=C)C(=O)OCC)c(CCC(=O)OCC(=C)C(=O)OCC)c4)c(C)c3)cc2C)cc1)C(=O)OCC. The van der Waals surface area contributed by atoms with Gasteiger partial charge in [0, 0.05) is 72.6 Å². The van der Waals surface area contributed by atoms with Gasteiger partial charge in [-0.25, -0.2) is 28.8 Å². The normalized spacial score (nSPS) is 10.6. The van der Waals surface area contributed by atoms with E-state index in [2.05, 4.69) is 39.5 Å². The summed E-state index contributed by atoms with van der Waals surface area (Å²) < 4.78 is 62.5. The molecule has 0 aliphatic heterocycles. The summed E-state index contributed by atoms with van der Waals surface area (Å²) in [6.07, 6.45) is 0.552. The molecule has 0 saturated carbocycles. The highest BCUT2D eigenvalue weighted by Gasteiger charge is 2.25. The molecule has 626 valence electrons. The molecule has 26 nitrogen and oxygen atoms in total. The van der Waals surface area contributed by atoms with Crippen LogP contribution in [0.5, 0.6) is 0 Å². The van der Waals surface area contributed by atoms with Crippen LogP contribution in [0.25, 0.3) is 11.1 Å². The predicted octanol–water partition coefficient (Wildman–Crippen LogP) is 14.5. The van der Waals surface area contributed by atoms with Crippen molar-refractivity contribution in [2.24, 2.45) is 0 Å². The molecule has 0 spiro atoms. The molecule has 0 unspecified atom stereocenters. The summed E-state index contributed by atoms with van der Waals surface area (Å²) in [6, 6.07) is 38.4. The Morgan fingerprint density at radius 2 is 0.475 bits per heavy atom. The lowest BCUT2D eigenvalue weighted by Crippen LogP contribution is -2.16. The summed E-state index contributed by atoms with van der Waals surface area (Å²) in [5, 5.41) is 0. The zero-order valence-corrected chi connectivity index (χ0v) is 68.5. The molecule has 0 fully saturated rings. The van der Waals surface area contributed by atoms with Gasteiger partial charge in [0.05, 0.1) is 73.1 Å². The van der Waals surface area contributed by atoms with Gasteiger partial charge in [0.1, 0.15) is 39.6 Å². The molecule has 0 aromatic heterocycles. The van der Waals surface area contributed by atoms with E-state index in [1.807, 2.05) is 145 Å². The molecule has 0 bridgehead atoms. The number of aryl methyl sites for hydroxylation is 8. The van der Waals surface area contributed by atoms with Crippen LogP contribution in [-0.4, -0.2) is 151 Å². The number of nitrogens with zero attached hydrogens (tertiary/aromatic N) is 2. The van der Waals surface area contributed by atoms with Gasteiger partial charge in [-0.15, -0.1) is 0 Å². The molecular formula is C92H104N2O24. The van der Waals surface area contributed by atoms with Crippen molar-refractivity contribution in [1.82, 2.24) is 0 Å². The molecular weight excluding hydrogens is 1520 g/mol. The van der Waals surface area contributed by atoms with Gasteiger partial charge in [-0.3, -0.25) is 28.8 Å². The van der Waals surface area contributed by atoms with Crippen molar-refractivity contribution in [2.75, 3.05) is 89.1 Å². The summed E-state index contributed by atoms with van der Waals surface area (Å²) in [7, 11) is 0. The molecule has 118 heavy (non-hydrogen) atoms. The Hall–Kier alpha value is -13.0. The first-order chi connectivity index (χ1) is 56.5. The van der Waals surface area contributed by atoms with Crippen molar-refractivity contribution in [1.29, 1.82) is 0 Å². The third-order valence-corrected chi connectivity index (χ3v) is 18.0. The van der Waals surface area contributed by atoms with Crippen molar-refractivity contribution in [2.45, 2.75) is 132 Å². The smallest absolute Gasteiger partial charge is 0.336 e. The molecule has 26 heteroatoms. The molecule has 6 rings (SSSR count). The van der Waals surface area contributed by atoms with Crippen LogP contribution in [0.1, 0.15) is 125 Å².